The summed E-state index contributed by atoms with van der Waals surface area (Å²) in [5.74, 6) is 0. The van der Waals surface area contributed by atoms with Gasteiger partial charge in [0.2, 0.25) is 0 Å². The van der Waals surface area contributed by atoms with Crippen LogP contribution in [0, 0.1) is 0 Å². The number of methoxy groups -OCH3 is 1. The first-order valence-corrected chi connectivity index (χ1v) is 7.16. The molecule has 16 heavy (non-hydrogen) atoms. The summed E-state index contributed by atoms with van der Waals surface area (Å²) in [6.07, 6.45) is 1.91. The van der Waals surface area contributed by atoms with E-state index in [1.807, 2.05) is 13.8 Å². The molecule has 0 fully saturated rings. The molecule has 5 heteroatoms. The van der Waals surface area contributed by atoms with Crippen LogP contribution >= 0.6 is 23.1 Å². The molecule has 2 unspecified atom stereocenters. The third kappa shape index (κ3) is 4.07. The highest BCUT2D eigenvalue weighted by molar-refractivity contribution is 7.98. The van der Waals surface area contributed by atoms with Crippen molar-refractivity contribution < 1.29 is 14.2 Å². The Kier molecular flexibility index (Phi) is 6.38. The Morgan fingerprint density at radius 1 is 1.38 bits per heavy atom. The molecule has 0 amide bonds. The predicted octanol–water partition coefficient (Wildman–Crippen LogP) is 3.51. The van der Waals surface area contributed by atoms with Gasteiger partial charge in [0.15, 0.2) is 13.1 Å². The molecule has 0 aliphatic rings. The van der Waals surface area contributed by atoms with E-state index < -0.39 is 0 Å². The average molecular weight is 262 g/mol. The molecule has 0 aliphatic carbocycles. The third-order valence-electron chi connectivity index (χ3n) is 2.20. The second-order valence-electron chi connectivity index (χ2n) is 3.25. The van der Waals surface area contributed by atoms with Crippen LogP contribution in [-0.4, -0.2) is 26.4 Å². The summed E-state index contributed by atoms with van der Waals surface area (Å²) in [5.41, 5.74) is 0. The lowest BCUT2D eigenvalue weighted by molar-refractivity contribution is -0.186. The van der Waals surface area contributed by atoms with Gasteiger partial charge in [0, 0.05) is 16.9 Å². The van der Waals surface area contributed by atoms with Gasteiger partial charge in [0.1, 0.15) is 0 Å². The quantitative estimate of drug-likeness (QED) is 0.555. The monoisotopic (exact) mass is 262 g/mol. The summed E-state index contributed by atoms with van der Waals surface area (Å²) in [5, 5.41) is 2.08. The largest absolute Gasteiger partial charge is 0.356 e. The fourth-order valence-electron chi connectivity index (χ4n) is 1.16. The van der Waals surface area contributed by atoms with E-state index in [1.165, 1.54) is 9.77 Å². The summed E-state index contributed by atoms with van der Waals surface area (Å²) in [7, 11) is 1.61. The zero-order valence-electron chi connectivity index (χ0n) is 10.1. The summed E-state index contributed by atoms with van der Waals surface area (Å²) >= 11 is 3.45. The Bertz CT molecular complexity index is 301. The molecule has 0 saturated heterocycles. The van der Waals surface area contributed by atoms with Crippen molar-refractivity contribution in [3.63, 3.8) is 0 Å². The van der Waals surface area contributed by atoms with Crippen molar-refractivity contribution in [1.82, 2.24) is 0 Å². The molecule has 2 atom stereocenters. The van der Waals surface area contributed by atoms with Crippen molar-refractivity contribution >= 4 is 23.1 Å². The molecule has 0 bridgehead atoms. The number of hydrogen-bond acceptors (Lipinski definition) is 5. The zero-order chi connectivity index (χ0) is 12.0. The van der Waals surface area contributed by atoms with Gasteiger partial charge in [-0.25, -0.2) is 0 Å². The maximum atomic E-state index is 5.60. The summed E-state index contributed by atoms with van der Waals surface area (Å²) < 4.78 is 15.8. The first-order chi connectivity index (χ1) is 7.69. The van der Waals surface area contributed by atoms with Crippen LogP contribution in [0.25, 0.3) is 0 Å². The van der Waals surface area contributed by atoms with Crippen LogP contribution in [0.15, 0.2) is 16.3 Å². The Morgan fingerprint density at radius 3 is 2.75 bits per heavy atom. The first-order valence-electron chi connectivity index (χ1n) is 5.06. The number of hydrogen-bond donors (Lipinski definition) is 0. The number of ether oxygens (including phenoxy) is 3. The van der Waals surface area contributed by atoms with Gasteiger partial charge in [-0.05, 0) is 31.5 Å². The normalized spacial score (nSPS) is 15.0. The highest BCUT2D eigenvalue weighted by atomic mass is 32.2. The molecular weight excluding hydrogens is 244 g/mol. The second-order valence-corrected chi connectivity index (χ2v) is 5.05. The maximum absolute atomic E-state index is 5.60. The van der Waals surface area contributed by atoms with Crippen LogP contribution < -0.4 is 0 Å². The van der Waals surface area contributed by atoms with Crippen LogP contribution in [0.3, 0.4) is 0 Å². The molecular formula is C11H18O3S2. The van der Waals surface area contributed by atoms with Crippen molar-refractivity contribution in [2.45, 2.75) is 31.1 Å². The molecule has 0 saturated carbocycles. The lowest BCUT2D eigenvalue weighted by Crippen LogP contribution is -2.14. The van der Waals surface area contributed by atoms with E-state index in [1.54, 1.807) is 30.2 Å². The highest BCUT2D eigenvalue weighted by Crippen LogP contribution is 2.32. The van der Waals surface area contributed by atoms with E-state index in [0.717, 1.165) is 0 Å². The summed E-state index contributed by atoms with van der Waals surface area (Å²) in [6, 6.07) is 2.11. The minimum atomic E-state index is -0.226. The van der Waals surface area contributed by atoms with Gasteiger partial charge in [0.25, 0.3) is 0 Å². The number of rotatable bonds is 7. The van der Waals surface area contributed by atoms with Crippen LogP contribution in [0.5, 0.6) is 0 Å². The van der Waals surface area contributed by atoms with Crippen LogP contribution in [0.1, 0.15) is 24.8 Å². The van der Waals surface area contributed by atoms with Crippen LogP contribution in [-0.2, 0) is 14.2 Å². The van der Waals surface area contributed by atoms with Gasteiger partial charge >= 0.3 is 0 Å². The number of thioether (sulfide) groups is 1. The van der Waals surface area contributed by atoms with Gasteiger partial charge in [-0.15, -0.1) is 23.1 Å². The maximum Gasteiger partial charge on any atom is 0.157 e. The van der Waals surface area contributed by atoms with Crippen molar-refractivity contribution in [2.75, 3.05) is 20.2 Å². The number of thiophene rings is 1. The van der Waals surface area contributed by atoms with E-state index in [0.29, 0.717) is 0 Å². The van der Waals surface area contributed by atoms with E-state index in [-0.39, 0.29) is 19.2 Å². The molecule has 1 heterocycles. The molecule has 0 aliphatic heterocycles. The van der Waals surface area contributed by atoms with Gasteiger partial charge in [-0.3, -0.25) is 0 Å². The smallest absolute Gasteiger partial charge is 0.157 e. The van der Waals surface area contributed by atoms with E-state index >= 15 is 0 Å². The van der Waals surface area contributed by atoms with Gasteiger partial charge < -0.3 is 14.2 Å². The Morgan fingerprint density at radius 2 is 2.12 bits per heavy atom. The SMILES string of the molecule is COC(C)OCOC(C)c1sccc1SC. The fourth-order valence-corrected chi connectivity index (χ4v) is 3.00. The van der Waals surface area contributed by atoms with Crippen LogP contribution in [0.2, 0.25) is 0 Å². The minimum absolute atomic E-state index is 0.0616. The summed E-state index contributed by atoms with van der Waals surface area (Å²) in [6.45, 7) is 4.13. The topological polar surface area (TPSA) is 27.7 Å². The first kappa shape index (κ1) is 14.0. The molecule has 1 rings (SSSR count). The Hall–Kier alpha value is -0.0700. The fraction of sp³-hybridized carbons (Fsp3) is 0.636. The van der Waals surface area contributed by atoms with Crippen molar-refractivity contribution in [3.8, 4) is 0 Å². The second kappa shape index (κ2) is 7.29. The third-order valence-corrected chi connectivity index (χ3v) is 4.20. The lowest BCUT2D eigenvalue weighted by atomic mass is 10.3. The molecule has 0 spiro atoms. The van der Waals surface area contributed by atoms with E-state index in [4.69, 9.17) is 14.2 Å². The van der Waals surface area contributed by atoms with Crippen molar-refractivity contribution in [3.05, 3.63) is 16.3 Å². The zero-order valence-corrected chi connectivity index (χ0v) is 11.7. The molecule has 1 aromatic rings. The molecule has 1 aromatic heterocycles. The van der Waals surface area contributed by atoms with Crippen molar-refractivity contribution in [2.24, 2.45) is 0 Å². The van der Waals surface area contributed by atoms with Gasteiger partial charge in [-0.2, -0.15) is 0 Å². The van der Waals surface area contributed by atoms with E-state index in [2.05, 4.69) is 17.7 Å². The van der Waals surface area contributed by atoms with E-state index in [9.17, 15) is 0 Å². The molecule has 92 valence electrons. The molecule has 0 radical (unpaired) electrons. The molecule has 0 N–H and O–H groups in total. The average Bonchev–Trinajstić information content (AvgIpc) is 2.76. The molecule has 0 aromatic carbocycles. The van der Waals surface area contributed by atoms with Crippen molar-refractivity contribution in [1.29, 1.82) is 0 Å². The Labute approximate surface area is 105 Å². The lowest BCUT2D eigenvalue weighted by Gasteiger charge is -2.15. The predicted molar refractivity (Wildman–Crippen MR) is 68.0 cm³/mol. The van der Waals surface area contributed by atoms with Gasteiger partial charge in [-0.1, -0.05) is 0 Å². The highest BCUT2D eigenvalue weighted by Gasteiger charge is 2.12. The standard InChI is InChI=1S/C11H18O3S2/c1-8(13-7-14-9(2)12-3)11-10(15-4)5-6-16-11/h5-6,8-9H,7H2,1-4H3. The minimum Gasteiger partial charge on any atom is -0.356 e. The Balaban J connectivity index is 2.37. The summed E-state index contributed by atoms with van der Waals surface area (Å²) in [4.78, 5) is 2.53. The van der Waals surface area contributed by atoms with Crippen LogP contribution in [0.4, 0.5) is 0 Å². The van der Waals surface area contributed by atoms with Gasteiger partial charge in [0.05, 0.1) is 6.10 Å². The molecule has 3 nitrogen and oxygen atoms in total.